The van der Waals surface area contributed by atoms with Gasteiger partial charge in [0.25, 0.3) is 0 Å². The molecule has 0 spiro atoms. The summed E-state index contributed by atoms with van der Waals surface area (Å²) in [4.78, 5) is 21.0. The van der Waals surface area contributed by atoms with Crippen molar-refractivity contribution in [2.45, 2.75) is 0 Å². The van der Waals surface area contributed by atoms with Crippen molar-refractivity contribution in [3.63, 3.8) is 0 Å². The maximum atomic E-state index is 11.3. The summed E-state index contributed by atoms with van der Waals surface area (Å²) < 4.78 is 1.05. The normalized spacial score (nSPS) is 9.86. The molecule has 74 valence electrons. The first kappa shape index (κ1) is 10.8. The Labute approximate surface area is 89.1 Å². The van der Waals surface area contributed by atoms with Crippen LogP contribution >= 0.6 is 23.8 Å². The van der Waals surface area contributed by atoms with Crippen LogP contribution in [0.4, 0.5) is 5.69 Å². The molecule has 1 rings (SSSR count). The number of nitrogens with zero attached hydrogens (tertiary/aromatic N) is 2. The van der Waals surface area contributed by atoms with E-state index in [1.807, 2.05) is 0 Å². The van der Waals surface area contributed by atoms with Crippen LogP contribution in [0.25, 0.3) is 0 Å². The summed E-state index contributed by atoms with van der Waals surface area (Å²) in [6.45, 7) is 0. The number of rotatable bonds is 2. The second kappa shape index (κ2) is 3.85. The minimum absolute atomic E-state index is 0.000465. The molecule has 0 aromatic carbocycles. The smallest absolute Gasteiger partial charge is 0.304 e. The Hall–Kier alpha value is -1.27. The molecule has 0 radical (unpaired) electrons. The molecule has 0 fully saturated rings. The summed E-state index contributed by atoms with van der Waals surface area (Å²) in [5.74, 6) is 0. The molecule has 14 heavy (non-hydrogen) atoms. The van der Waals surface area contributed by atoms with Crippen molar-refractivity contribution in [2.24, 2.45) is 7.05 Å². The van der Waals surface area contributed by atoms with E-state index in [1.54, 1.807) is 0 Å². The fraction of sp³-hybridized carbons (Fsp3) is 0.143. The minimum atomic E-state index is -0.747. The van der Waals surface area contributed by atoms with Crippen molar-refractivity contribution in [1.82, 2.24) is 4.57 Å². The first-order chi connectivity index (χ1) is 6.45. The Morgan fingerprint density at radius 1 is 1.64 bits per heavy atom. The van der Waals surface area contributed by atoms with E-state index < -0.39 is 16.2 Å². The molecule has 0 saturated carbocycles. The van der Waals surface area contributed by atoms with E-state index in [2.05, 4.69) is 12.2 Å². The van der Waals surface area contributed by atoms with Gasteiger partial charge in [-0.25, -0.2) is 0 Å². The number of hydrogen-bond donors (Lipinski definition) is 0. The van der Waals surface area contributed by atoms with E-state index in [0.717, 1.165) is 10.6 Å². The van der Waals surface area contributed by atoms with Gasteiger partial charge in [-0.05, 0) is 6.07 Å². The molecule has 1 aromatic heterocycles. The highest BCUT2D eigenvalue weighted by atomic mass is 35.5. The average molecular weight is 233 g/mol. The van der Waals surface area contributed by atoms with Crippen LogP contribution in [-0.4, -0.2) is 13.8 Å². The summed E-state index contributed by atoms with van der Waals surface area (Å²) in [5, 5.41) is 10.4. The van der Waals surface area contributed by atoms with E-state index in [9.17, 15) is 14.9 Å². The lowest BCUT2D eigenvalue weighted by atomic mass is 10.3. The van der Waals surface area contributed by atoms with Crippen LogP contribution in [-0.2, 0) is 7.05 Å². The summed E-state index contributed by atoms with van der Waals surface area (Å²) in [7, 11) is 1.37. The second-order valence-corrected chi connectivity index (χ2v) is 3.51. The van der Waals surface area contributed by atoms with Crippen LogP contribution in [0.2, 0.25) is 0 Å². The van der Waals surface area contributed by atoms with Crippen molar-refractivity contribution in [3.8, 4) is 0 Å². The monoisotopic (exact) mass is 232 g/mol. The SMILES string of the molecule is Cn1c(C(=S)Cl)ccc([N+](=O)[O-])c1=O. The standard InChI is InChI=1S/C7H5ClN2O3S/c1-9-4(6(8)14)2-3-5(7(9)11)10(12)13/h2-3H,1H3. The molecule has 0 aliphatic heterocycles. The first-order valence-electron chi connectivity index (χ1n) is 3.49. The van der Waals surface area contributed by atoms with Crippen LogP contribution in [0.3, 0.4) is 0 Å². The Morgan fingerprint density at radius 2 is 2.21 bits per heavy atom. The van der Waals surface area contributed by atoms with Gasteiger partial charge in [-0.3, -0.25) is 14.9 Å². The molecule has 0 saturated heterocycles. The summed E-state index contributed by atoms with van der Waals surface area (Å²) in [6.07, 6.45) is 0. The second-order valence-electron chi connectivity index (χ2n) is 2.50. The number of aromatic nitrogens is 1. The fourth-order valence-corrected chi connectivity index (χ4v) is 1.35. The fourth-order valence-electron chi connectivity index (χ4n) is 0.959. The van der Waals surface area contributed by atoms with E-state index in [1.165, 1.54) is 13.1 Å². The topological polar surface area (TPSA) is 65.1 Å². The maximum Gasteiger partial charge on any atom is 0.334 e. The van der Waals surface area contributed by atoms with E-state index in [-0.39, 0.29) is 10.0 Å². The van der Waals surface area contributed by atoms with Crippen molar-refractivity contribution < 1.29 is 4.92 Å². The van der Waals surface area contributed by atoms with Gasteiger partial charge in [0, 0.05) is 13.1 Å². The maximum absolute atomic E-state index is 11.3. The predicted molar refractivity (Wildman–Crippen MR) is 55.9 cm³/mol. The third-order valence-corrected chi connectivity index (χ3v) is 2.09. The number of pyridine rings is 1. The largest absolute Gasteiger partial charge is 0.334 e. The van der Waals surface area contributed by atoms with Gasteiger partial charge in [0.15, 0.2) is 0 Å². The molecule has 7 heteroatoms. The third-order valence-electron chi connectivity index (χ3n) is 1.68. The Morgan fingerprint density at radius 3 is 2.64 bits per heavy atom. The molecule has 1 heterocycles. The number of nitro groups is 1. The zero-order valence-corrected chi connectivity index (χ0v) is 8.63. The Bertz CT molecular complexity index is 468. The molecular weight excluding hydrogens is 228 g/mol. The number of hydrogen-bond acceptors (Lipinski definition) is 4. The average Bonchev–Trinajstić information content (AvgIpc) is 2.08. The van der Waals surface area contributed by atoms with Crippen molar-refractivity contribution in [1.29, 1.82) is 0 Å². The van der Waals surface area contributed by atoms with Gasteiger partial charge in [0.1, 0.15) is 4.32 Å². The van der Waals surface area contributed by atoms with Gasteiger partial charge in [0.05, 0.1) is 10.6 Å². The van der Waals surface area contributed by atoms with Crippen molar-refractivity contribution >= 4 is 33.8 Å². The molecule has 1 aromatic rings. The number of halogens is 1. The van der Waals surface area contributed by atoms with Gasteiger partial charge in [-0.1, -0.05) is 23.8 Å². The van der Waals surface area contributed by atoms with Gasteiger partial charge >= 0.3 is 11.2 Å². The highest BCUT2D eigenvalue weighted by molar-refractivity contribution is 7.83. The Kier molecular flexibility index (Phi) is 2.97. The van der Waals surface area contributed by atoms with Crippen LogP contribution in [0, 0.1) is 10.1 Å². The van der Waals surface area contributed by atoms with Crippen LogP contribution in [0.15, 0.2) is 16.9 Å². The molecule has 0 atom stereocenters. The van der Waals surface area contributed by atoms with Crippen molar-refractivity contribution in [3.05, 3.63) is 38.3 Å². The van der Waals surface area contributed by atoms with Gasteiger partial charge < -0.3 is 4.57 Å². The van der Waals surface area contributed by atoms with E-state index >= 15 is 0 Å². The van der Waals surface area contributed by atoms with Gasteiger partial charge in [0.2, 0.25) is 0 Å². The summed E-state index contributed by atoms with van der Waals surface area (Å²) >= 11 is 10.2. The molecular formula is C7H5ClN2O3S. The van der Waals surface area contributed by atoms with Gasteiger partial charge in [-0.15, -0.1) is 0 Å². The summed E-state index contributed by atoms with van der Waals surface area (Å²) in [6, 6.07) is 2.43. The molecule has 0 N–H and O–H groups in total. The van der Waals surface area contributed by atoms with E-state index in [0.29, 0.717) is 0 Å². The molecule has 5 nitrogen and oxygen atoms in total. The van der Waals surface area contributed by atoms with Crippen LogP contribution in [0.1, 0.15) is 5.69 Å². The molecule has 0 unspecified atom stereocenters. The minimum Gasteiger partial charge on any atom is -0.304 e. The molecule has 0 amide bonds. The lowest BCUT2D eigenvalue weighted by Gasteiger charge is -2.03. The lowest BCUT2D eigenvalue weighted by Crippen LogP contribution is -2.23. The van der Waals surface area contributed by atoms with Crippen molar-refractivity contribution in [2.75, 3.05) is 0 Å². The molecule has 0 aliphatic carbocycles. The molecule has 0 aliphatic rings. The zero-order valence-electron chi connectivity index (χ0n) is 7.06. The highest BCUT2D eigenvalue weighted by Gasteiger charge is 2.15. The predicted octanol–water partition coefficient (Wildman–Crippen LogP) is 1.21. The number of thiocarbonyl (C=S) groups is 1. The quantitative estimate of drug-likeness (QED) is 0.333. The first-order valence-corrected chi connectivity index (χ1v) is 4.28. The van der Waals surface area contributed by atoms with Gasteiger partial charge in [-0.2, -0.15) is 0 Å². The van der Waals surface area contributed by atoms with E-state index in [4.69, 9.17) is 11.6 Å². The zero-order chi connectivity index (χ0) is 10.9. The van der Waals surface area contributed by atoms with Crippen LogP contribution in [0.5, 0.6) is 0 Å². The van der Waals surface area contributed by atoms with Crippen LogP contribution < -0.4 is 5.56 Å². The third kappa shape index (κ3) is 1.80. The Balaban J connectivity index is 3.49. The molecule has 0 bridgehead atoms. The summed E-state index contributed by atoms with van der Waals surface area (Å²) in [5.41, 5.74) is -0.933. The highest BCUT2D eigenvalue weighted by Crippen LogP contribution is 2.08. The lowest BCUT2D eigenvalue weighted by molar-refractivity contribution is -0.386.